The fourth-order valence-corrected chi connectivity index (χ4v) is 3.11. The number of hydrogen-bond acceptors (Lipinski definition) is 2. The van der Waals surface area contributed by atoms with Gasteiger partial charge in [-0.3, -0.25) is 0 Å². The summed E-state index contributed by atoms with van der Waals surface area (Å²) in [5.74, 6) is 1.67. The number of piperidine rings is 1. The van der Waals surface area contributed by atoms with Crippen molar-refractivity contribution in [3.63, 3.8) is 0 Å². The van der Waals surface area contributed by atoms with Gasteiger partial charge in [-0.05, 0) is 56.7 Å². The van der Waals surface area contributed by atoms with E-state index in [0.29, 0.717) is 6.04 Å². The molecule has 0 aromatic heterocycles. The minimum atomic E-state index is 0.403. The van der Waals surface area contributed by atoms with Crippen LogP contribution in [0, 0.1) is 12.8 Å². The Morgan fingerprint density at radius 1 is 1.26 bits per heavy atom. The zero-order valence-corrected chi connectivity index (χ0v) is 12.3. The van der Waals surface area contributed by atoms with Crippen LogP contribution in [0.25, 0.3) is 0 Å². The first kappa shape index (κ1) is 13.3. The van der Waals surface area contributed by atoms with Gasteiger partial charge in [0.25, 0.3) is 0 Å². The van der Waals surface area contributed by atoms with Crippen LogP contribution in [0.2, 0.25) is 5.02 Å². The van der Waals surface area contributed by atoms with Gasteiger partial charge in [-0.15, -0.1) is 0 Å². The standard InChI is InChI=1S/C16H22ClNO/c1-11-8-13(15-4-2-3-7-18-15)16(14(17)9-11)19-10-12-5-6-12/h8-9,12,15,18H,2-7,10H2,1H3. The van der Waals surface area contributed by atoms with Gasteiger partial charge in [0.2, 0.25) is 0 Å². The highest BCUT2D eigenvalue weighted by molar-refractivity contribution is 6.32. The summed E-state index contributed by atoms with van der Waals surface area (Å²) in [4.78, 5) is 0. The fourth-order valence-electron chi connectivity index (χ4n) is 2.77. The molecule has 1 saturated heterocycles. The highest BCUT2D eigenvalue weighted by Gasteiger charge is 2.25. The first-order valence-corrected chi connectivity index (χ1v) is 7.78. The second kappa shape index (κ2) is 5.72. The van der Waals surface area contributed by atoms with Gasteiger partial charge in [0.05, 0.1) is 11.6 Å². The molecule has 2 fully saturated rings. The number of rotatable bonds is 4. The van der Waals surface area contributed by atoms with E-state index in [0.717, 1.165) is 29.8 Å². The monoisotopic (exact) mass is 279 g/mol. The Bertz CT molecular complexity index is 450. The zero-order chi connectivity index (χ0) is 13.2. The van der Waals surface area contributed by atoms with Crippen LogP contribution >= 0.6 is 11.6 Å². The molecule has 2 aliphatic rings. The molecule has 1 N–H and O–H groups in total. The SMILES string of the molecule is Cc1cc(Cl)c(OCC2CC2)c(C2CCCCN2)c1. The van der Waals surface area contributed by atoms with Gasteiger partial charge < -0.3 is 10.1 Å². The summed E-state index contributed by atoms with van der Waals surface area (Å²) in [6.45, 7) is 4.02. The van der Waals surface area contributed by atoms with E-state index in [1.807, 2.05) is 6.07 Å². The van der Waals surface area contributed by atoms with Crippen molar-refractivity contribution >= 4 is 11.6 Å². The first-order valence-electron chi connectivity index (χ1n) is 7.40. The summed E-state index contributed by atoms with van der Waals surface area (Å²) >= 11 is 6.40. The molecular formula is C16H22ClNO. The number of nitrogens with one attached hydrogen (secondary N) is 1. The van der Waals surface area contributed by atoms with E-state index in [9.17, 15) is 0 Å². The third-order valence-corrected chi connectivity index (χ3v) is 4.34. The predicted octanol–water partition coefficient (Wildman–Crippen LogP) is 4.25. The molecule has 0 radical (unpaired) electrons. The van der Waals surface area contributed by atoms with E-state index >= 15 is 0 Å². The van der Waals surface area contributed by atoms with Gasteiger partial charge in [0.15, 0.2) is 0 Å². The highest BCUT2D eigenvalue weighted by Crippen LogP contribution is 2.38. The number of ether oxygens (including phenoxy) is 1. The molecule has 1 aliphatic heterocycles. The summed E-state index contributed by atoms with van der Waals surface area (Å²) in [5, 5.41) is 4.36. The molecule has 3 rings (SSSR count). The maximum atomic E-state index is 6.40. The number of halogens is 1. The molecule has 1 aromatic carbocycles. The molecule has 104 valence electrons. The minimum Gasteiger partial charge on any atom is -0.491 e. The van der Waals surface area contributed by atoms with E-state index < -0.39 is 0 Å². The van der Waals surface area contributed by atoms with E-state index in [1.54, 1.807) is 0 Å². The molecule has 3 heteroatoms. The van der Waals surface area contributed by atoms with Crippen LogP contribution in [0.3, 0.4) is 0 Å². The molecule has 2 nitrogen and oxygen atoms in total. The van der Waals surface area contributed by atoms with E-state index in [1.165, 1.54) is 43.2 Å². The van der Waals surface area contributed by atoms with Crippen molar-refractivity contribution in [2.45, 2.75) is 45.1 Å². The molecule has 1 heterocycles. The van der Waals surface area contributed by atoms with Crippen LogP contribution in [-0.2, 0) is 0 Å². The Balaban J connectivity index is 1.85. The van der Waals surface area contributed by atoms with Gasteiger partial charge in [-0.1, -0.05) is 24.1 Å². The molecule has 0 spiro atoms. The fraction of sp³-hybridized carbons (Fsp3) is 0.625. The van der Waals surface area contributed by atoms with Crippen molar-refractivity contribution in [3.05, 3.63) is 28.3 Å². The summed E-state index contributed by atoms with van der Waals surface area (Å²) in [5.41, 5.74) is 2.47. The van der Waals surface area contributed by atoms with E-state index in [2.05, 4.69) is 18.3 Å². The topological polar surface area (TPSA) is 21.3 Å². The van der Waals surface area contributed by atoms with Crippen LogP contribution in [0.1, 0.15) is 49.3 Å². The lowest BCUT2D eigenvalue weighted by molar-refractivity contribution is 0.289. The van der Waals surface area contributed by atoms with Crippen molar-refractivity contribution in [1.29, 1.82) is 0 Å². The van der Waals surface area contributed by atoms with Crippen LogP contribution in [-0.4, -0.2) is 13.2 Å². The number of benzene rings is 1. The van der Waals surface area contributed by atoms with E-state index in [4.69, 9.17) is 16.3 Å². The van der Waals surface area contributed by atoms with Crippen LogP contribution in [0.5, 0.6) is 5.75 Å². The Morgan fingerprint density at radius 2 is 2.11 bits per heavy atom. The summed E-state index contributed by atoms with van der Waals surface area (Å²) < 4.78 is 6.03. The lowest BCUT2D eigenvalue weighted by atomic mass is 9.95. The Labute approximate surface area is 120 Å². The van der Waals surface area contributed by atoms with Crippen molar-refractivity contribution in [1.82, 2.24) is 5.32 Å². The average molecular weight is 280 g/mol. The van der Waals surface area contributed by atoms with E-state index in [-0.39, 0.29) is 0 Å². The maximum absolute atomic E-state index is 6.40. The zero-order valence-electron chi connectivity index (χ0n) is 11.5. The molecular weight excluding hydrogens is 258 g/mol. The van der Waals surface area contributed by atoms with Gasteiger partial charge >= 0.3 is 0 Å². The molecule has 1 aromatic rings. The quantitative estimate of drug-likeness (QED) is 0.889. The van der Waals surface area contributed by atoms with Gasteiger partial charge in [0.1, 0.15) is 5.75 Å². The summed E-state index contributed by atoms with van der Waals surface area (Å²) in [6, 6.07) is 4.65. The largest absolute Gasteiger partial charge is 0.491 e. The second-order valence-corrected chi connectivity index (χ2v) is 6.33. The number of aryl methyl sites for hydroxylation is 1. The van der Waals surface area contributed by atoms with Gasteiger partial charge in [-0.25, -0.2) is 0 Å². The molecule has 1 saturated carbocycles. The smallest absolute Gasteiger partial charge is 0.142 e. The van der Waals surface area contributed by atoms with Crippen LogP contribution in [0.15, 0.2) is 12.1 Å². The Kier molecular flexibility index (Phi) is 3.99. The maximum Gasteiger partial charge on any atom is 0.142 e. The second-order valence-electron chi connectivity index (χ2n) is 5.92. The van der Waals surface area contributed by atoms with Gasteiger partial charge in [0, 0.05) is 11.6 Å². The molecule has 19 heavy (non-hydrogen) atoms. The lowest BCUT2D eigenvalue weighted by Crippen LogP contribution is -2.27. The molecule has 1 unspecified atom stereocenters. The summed E-state index contributed by atoms with van der Waals surface area (Å²) in [7, 11) is 0. The van der Waals surface area contributed by atoms with Crippen molar-refractivity contribution in [2.24, 2.45) is 5.92 Å². The Morgan fingerprint density at radius 3 is 2.79 bits per heavy atom. The lowest BCUT2D eigenvalue weighted by Gasteiger charge is -2.26. The highest BCUT2D eigenvalue weighted by atomic mass is 35.5. The predicted molar refractivity (Wildman–Crippen MR) is 79.0 cm³/mol. The Hall–Kier alpha value is -0.730. The normalized spacial score (nSPS) is 23.4. The molecule has 1 atom stereocenters. The third kappa shape index (κ3) is 3.24. The third-order valence-electron chi connectivity index (χ3n) is 4.06. The minimum absolute atomic E-state index is 0.403. The van der Waals surface area contributed by atoms with Crippen molar-refractivity contribution in [2.75, 3.05) is 13.2 Å². The molecule has 0 bridgehead atoms. The van der Waals surface area contributed by atoms with Crippen molar-refractivity contribution < 1.29 is 4.74 Å². The molecule has 0 amide bonds. The van der Waals surface area contributed by atoms with Gasteiger partial charge in [-0.2, -0.15) is 0 Å². The number of hydrogen-bond donors (Lipinski definition) is 1. The molecule has 1 aliphatic carbocycles. The van der Waals surface area contributed by atoms with Crippen LogP contribution in [0.4, 0.5) is 0 Å². The summed E-state index contributed by atoms with van der Waals surface area (Å²) in [6.07, 6.45) is 6.35. The first-order chi connectivity index (χ1) is 9.24. The van der Waals surface area contributed by atoms with Crippen molar-refractivity contribution in [3.8, 4) is 5.75 Å². The average Bonchev–Trinajstić information content (AvgIpc) is 3.22. The van der Waals surface area contributed by atoms with Crippen LogP contribution < -0.4 is 10.1 Å².